The van der Waals surface area contributed by atoms with Crippen LogP contribution < -0.4 is 10.6 Å². The molecule has 110 valence electrons. The molecule has 0 radical (unpaired) electrons. The van der Waals surface area contributed by atoms with Gasteiger partial charge in [-0.3, -0.25) is 9.59 Å². The molecule has 2 rings (SSSR count). The molecule has 1 fully saturated rings. The van der Waals surface area contributed by atoms with Crippen LogP contribution >= 0.6 is 0 Å². The van der Waals surface area contributed by atoms with Crippen LogP contribution in [0, 0.1) is 12.8 Å². The molecular weight excluding hydrogens is 260 g/mol. The number of rotatable bonds is 4. The highest BCUT2D eigenvalue weighted by Gasteiger charge is 2.24. The fourth-order valence-electron chi connectivity index (χ4n) is 2.33. The highest BCUT2D eigenvalue weighted by molar-refractivity contribution is 5.96. The summed E-state index contributed by atoms with van der Waals surface area (Å²) in [6, 6.07) is -0.611. The topological polar surface area (TPSA) is 97.1 Å². The van der Waals surface area contributed by atoms with Gasteiger partial charge in [0, 0.05) is 5.92 Å². The fraction of sp³-hybridized carbons (Fsp3) is 0.692. The summed E-state index contributed by atoms with van der Waals surface area (Å²) >= 11 is 0. The van der Waals surface area contributed by atoms with Crippen LogP contribution in [0.1, 0.15) is 44.7 Å². The minimum absolute atomic E-state index is 0.0365. The summed E-state index contributed by atoms with van der Waals surface area (Å²) in [6.45, 7) is 3.33. The molecule has 7 nitrogen and oxygen atoms in total. The van der Waals surface area contributed by atoms with Crippen molar-refractivity contribution in [2.75, 3.05) is 5.32 Å². The molecule has 7 heteroatoms. The largest absolute Gasteiger partial charge is 0.344 e. The van der Waals surface area contributed by atoms with Crippen molar-refractivity contribution in [1.29, 1.82) is 0 Å². The van der Waals surface area contributed by atoms with Gasteiger partial charge >= 0.3 is 0 Å². The van der Waals surface area contributed by atoms with Crippen LogP contribution in [-0.2, 0) is 9.59 Å². The van der Waals surface area contributed by atoms with E-state index in [0.717, 1.165) is 25.7 Å². The van der Waals surface area contributed by atoms with E-state index in [1.165, 1.54) is 6.42 Å². The summed E-state index contributed by atoms with van der Waals surface area (Å²) in [5.74, 6) is -0.0430. The first-order valence-corrected chi connectivity index (χ1v) is 6.98. The second-order valence-electron chi connectivity index (χ2n) is 5.25. The first-order chi connectivity index (χ1) is 9.58. The van der Waals surface area contributed by atoms with Crippen LogP contribution in [-0.4, -0.2) is 28.2 Å². The van der Waals surface area contributed by atoms with Gasteiger partial charge in [-0.2, -0.15) is 0 Å². The van der Waals surface area contributed by atoms with Gasteiger partial charge in [0.25, 0.3) is 0 Å². The summed E-state index contributed by atoms with van der Waals surface area (Å²) in [6.07, 6.45) is 5.18. The van der Waals surface area contributed by atoms with E-state index in [4.69, 9.17) is 0 Å². The highest BCUT2D eigenvalue weighted by Crippen LogP contribution is 2.23. The van der Waals surface area contributed by atoms with Crippen molar-refractivity contribution in [3.8, 4) is 0 Å². The van der Waals surface area contributed by atoms with Gasteiger partial charge in [0.15, 0.2) is 5.82 Å². The fourth-order valence-corrected chi connectivity index (χ4v) is 2.33. The van der Waals surface area contributed by atoms with Crippen molar-refractivity contribution in [2.24, 2.45) is 5.92 Å². The zero-order valence-electron chi connectivity index (χ0n) is 11.8. The molecule has 0 bridgehead atoms. The first kappa shape index (κ1) is 14.5. The normalized spacial score (nSPS) is 17.5. The van der Waals surface area contributed by atoms with Crippen LogP contribution in [0.15, 0.2) is 4.63 Å². The summed E-state index contributed by atoms with van der Waals surface area (Å²) in [5.41, 5.74) is 0.504. The molecule has 0 spiro atoms. The van der Waals surface area contributed by atoms with Gasteiger partial charge in [-0.05, 0) is 31.8 Å². The van der Waals surface area contributed by atoms with Crippen molar-refractivity contribution in [2.45, 2.75) is 52.0 Å². The molecule has 2 amide bonds. The second-order valence-corrected chi connectivity index (χ2v) is 5.25. The molecule has 20 heavy (non-hydrogen) atoms. The highest BCUT2D eigenvalue weighted by atomic mass is 16.6. The quantitative estimate of drug-likeness (QED) is 0.869. The number of nitrogens with zero attached hydrogens (tertiary/aromatic N) is 2. The lowest BCUT2D eigenvalue weighted by atomic mass is 9.88. The maximum absolute atomic E-state index is 12.0. The molecular formula is C13H20N4O3. The third-order valence-electron chi connectivity index (χ3n) is 3.62. The molecule has 1 atom stereocenters. The number of hydrogen-bond donors (Lipinski definition) is 2. The average Bonchev–Trinajstić information content (AvgIpc) is 2.85. The SMILES string of the molecule is Cc1nonc1NC(=O)[C@H](C)NC(=O)C1CCCCC1. The molecule has 1 aliphatic rings. The molecule has 2 N–H and O–H groups in total. The molecule has 1 heterocycles. The summed E-state index contributed by atoms with van der Waals surface area (Å²) in [5, 5.41) is 12.5. The van der Waals surface area contributed by atoms with E-state index in [1.807, 2.05) is 0 Å². The van der Waals surface area contributed by atoms with Gasteiger partial charge in [-0.25, -0.2) is 4.63 Å². The van der Waals surface area contributed by atoms with Crippen molar-refractivity contribution in [3.05, 3.63) is 5.69 Å². The number of nitrogens with one attached hydrogen (secondary N) is 2. The Kier molecular flexibility index (Phi) is 4.70. The number of aryl methyl sites for hydroxylation is 1. The minimum Gasteiger partial charge on any atom is -0.344 e. The molecule has 1 aromatic heterocycles. The van der Waals surface area contributed by atoms with E-state index >= 15 is 0 Å². The lowest BCUT2D eigenvalue weighted by Gasteiger charge is -2.22. The van der Waals surface area contributed by atoms with Crippen molar-refractivity contribution >= 4 is 17.6 Å². The Labute approximate surface area is 117 Å². The molecule has 0 saturated heterocycles. The summed E-state index contributed by atoms with van der Waals surface area (Å²) < 4.78 is 4.50. The Balaban J connectivity index is 1.84. The first-order valence-electron chi connectivity index (χ1n) is 6.98. The number of amides is 2. The standard InChI is InChI=1S/C13H20N4O3/c1-8-11(17-20-16-8)15-12(18)9(2)14-13(19)10-6-4-3-5-7-10/h9-10H,3-7H2,1-2H3,(H,14,19)(H,15,17,18)/t9-/m0/s1. The third kappa shape index (κ3) is 3.55. The number of hydrogen-bond acceptors (Lipinski definition) is 5. The van der Waals surface area contributed by atoms with Gasteiger partial charge in [0.1, 0.15) is 11.7 Å². The van der Waals surface area contributed by atoms with Gasteiger partial charge in [-0.1, -0.05) is 24.4 Å². The van der Waals surface area contributed by atoms with Crippen LogP contribution in [0.2, 0.25) is 0 Å². The number of carbonyl (C=O) groups excluding carboxylic acids is 2. The monoisotopic (exact) mass is 280 g/mol. The Morgan fingerprint density at radius 2 is 1.95 bits per heavy atom. The van der Waals surface area contributed by atoms with Gasteiger partial charge in [0.05, 0.1) is 0 Å². The van der Waals surface area contributed by atoms with E-state index < -0.39 is 6.04 Å². The Morgan fingerprint density at radius 1 is 1.25 bits per heavy atom. The van der Waals surface area contributed by atoms with Crippen LogP contribution in [0.4, 0.5) is 5.82 Å². The molecule has 0 unspecified atom stereocenters. The molecule has 0 aliphatic heterocycles. The van der Waals surface area contributed by atoms with E-state index in [1.54, 1.807) is 13.8 Å². The number of anilines is 1. The second kappa shape index (κ2) is 6.49. The van der Waals surface area contributed by atoms with E-state index in [-0.39, 0.29) is 23.6 Å². The van der Waals surface area contributed by atoms with Gasteiger partial charge in [0.2, 0.25) is 11.8 Å². The summed E-state index contributed by atoms with van der Waals surface area (Å²) in [7, 11) is 0. The average molecular weight is 280 g/mol. The lowest BCUT2D eigenvalue weighted by Crippen LogP contribution is -2.44. The third-order valence-corrected chi connectivity index (χ3v) is 3.62. The molecule has 0 aromatic carbocycles. The lowest BCUT2D eigenvalue weighted by molar-refractivity contribution is -0.129. The zero-order chi connectivity index (χ0) is 14.5. The van der Waals surface area contributed by atoms with Crippen molar-refractivity contribution in [1.82, 2.24) is 15.6 Å². The maximum atomic E-state index is 12.0. The smallest absolute Gasteiger partial charge is 0.247 e. The minimum atomic E-state index is -0.611. The number of carbonyl (C=O) groups is 2. The van der Waals surface area contributed by atoms with Crippen molar-refractivity contribution < 1.29 is 14.2 Å². The Morgan fingerprint density at radius 3 is 2.55 bits per heavy atom. The van der Waals surface area contributed by atoms with Gasteiger partial charge in [-0.15, -0.1) is 0 Å². The molecule has 1 aliphatic carbocycles. The summed E-state index contributed by atoms with van der Waals surface area (Å²) in [4.78, 5) is 24.0. The van der Waals surface area contributed by atoms with E-state index in [9.17, 15) is 9.59 Å². The predicted octanol–water partition coefficient (Wildman–Crippen LogP) is 1.40. The zero-order valence-corrected chi connectivity index (χ0v) is 11.8. The van der Waals surface area contributed by atoms with Crippen molar-refractivity contribution in [3.63, 3.8) is 0 Å². The maximum Gasteiger partial charge on any atom is 0.247 e. The molecule has 1 aromatic rings. The van der Waals surface area contributed by atoms with E-state index in [0.29, 0.717) is 5.69 Å². The Hall–Kier alpha value is -1.92. The van der Waals surface area contributed by atoms with Crippen LogP contribution in [0.25, 0.3) is 0 Å². The van der Waals surface area contributed by atoms with E-state index in [2.05, 4.69) is 25.6 Å². The number of aromatic nitrogens is 2. The van der Waals surface area contributed by atoms with Crippen LogP contribution in [0.5, 0.6) is 0 Å². The molecule has 1 saturated carbocycles. The Bertz CT molecular complexity index is 480. The van der Waals surface area contributed by atoms with Crippen LogP contribution in [0.3, 0.4) is 0 Å². The predicted molar refractivity (Wildman–Crippen MR) is 71.8 cm³/mol. The van der Waals surface area contributed by atoms with Gasteiger partial charge < -0.3 is 10.6 Å².